The first kappa shape index (κ1) is 19.8. The fraction of sp³-hybridized carbons (Fsp3) is 0.130. The van der Waals surface area contributed by atoms with Crippen molar-refractivity contribution in [3.63, 3.8) is 0 Å². The lowest BCUT2D eigenvalue weighted by atomic mass is 10.0. The van der Waals surface area contributed by atoms with Gasteiger partial charge in [0, 0.05) is 30.1 Å². The van der Waals surface area contributed by atoms with Gasteiger partial charge in [-0.15, -0.1) is 11.3 Å². The molecule has 1 atom stereocenters. The van der Waals surface area contributed by atoms with Crippen molar-refractivity contribution in [1.29, 1.82) is 0 Å². The summed E-state index contributed by atoms with van der Waals surface area (Å²) in [6.45, 7) is 0.176. The molecule has 3 N–H and O–H groups in total. The lowest BCUT2D eigenvalue weighted by Crippen LogP contribution is -2.47. The van der Waals surface area contributed by atoms with Crippen molar-refractivity contribution in [3.05, 3.63) is 94.1 Å². The number of benzene rings is 2. The lowest BCUT2D eigenvalue weighted by molar-refractivity contribution is -0.123. The van der Waals surface area contributed by atoms with E-state index in [9.17, 15) is 14.0 Å². The number of halogens is 1. The molecule has 2 aromatic heterocycles. The van der Waals surface area contributed by atoms with Crippen LogP contribution in [0, 0.1) is 5.82 Å². The minimum Gasteiger partial charge on any atom is -0.361 e. The van der Waals surface area contributed by atoms with Gasteiger partial charge in [0.25, 0.3) is 5.91 Å². The van der Waals surface area contributed by atoms with Gasteiger partial charge >= 0.3 is 0 Å². The van der Waals surface area contributed by atoms with E-state index in [1.807, 2.05) is 35.8 Å². The summed E-state index contributed by atoms with van der Waals surface area (Å²) in [6, 6.07) is 16.6. The van der Waals surface area contributed by atoms with E-state index in [1.54, 1.807) is 24.3 Å². The van der Waals surface area contributed by atoms with Crippen molar-refractivity contribution in [1.82, 2.24) is 15.6 Å². The second kappa shape index (κ2) is 8.92. The molecule has 0 saturated heterocycles. The summed E-state index contributed by atoms with van der Waals surface area (Å²) in [6.07, 6.45) is 2.19. The molecule has 0 bridgehead atoms. The van der Waals surface area contributed by atoms with E-state index in [-0.39, 0.29) is 24.2 Å². The zero-order chi connectivity index (χ0) is 20.9. The van der Waals surface area contributed by atoms with Gasteiger partial charge in [0.05, 0.1) is 4.88 Å². The van der Waals surface area contributed by atoms with Crippen LogP contribution in [0.15, 0.2) is 72.2 Å². The fourth-order valence-corrected chi connectivity index (χ4v) is 3.95. The molecule has 0 saturated carbocycles. The third kappa shape index (κ3) is 4.58. The summed E-state index contributed by atoms with van der Waals surface area (Å²) < 4.78 is 13.4. The first-order chi connectivity index (χ1) is 14.6. The zero-order valence-corrected chi connectivity index (χ0v) is 16.8. The maximum atomic E-state index is 13.4. The number of H-pyrrole nitrogens is 1. The quantitative estimate of drug-likeness (QED) is 0.422. The Balaban J connectivity index is 1.52. The van der Waals surface area contributed by atoms with Crippen molar-refractivity contribution in [3.8, 4) is 0 Å². The van der Waals surface area contributed by atoms with Gasteiger partial charge in [0.15, 0.2) is 0 Å². The van der Waals surface area contributed by atoms with Gasteiger partial charge in [-0.1, -0.05) is 36.4 Å². The largest absolute Gasteiger partial charge is 0.361 e. The number of aromatic nitrogens is 1. The van der Waals surface area contributed by atoms with Crippen LogP contribution in [0.2, 0.25) is 0 Å². The van der Waals surface area contributed by atoms with E-state index in [1.165, 1.54) is 23.5 Å². The molecule has 1 unspecified atom stereocenters. The van der Waals surface area contributed by atoms with Crippen molar-refractivity contribution >= 4 is 34.1 Å². The molecule has 2 aromatic carbocycles. The number of rotatable bonds is 7. The Labute approximate surface area is 176 Å². The molecule has 152 valence electrons. The molecule has 30 heavy (non-hydrogen) atoms. The number of fused-ring (bicyclic) bond motifs is 1. The second-order valence-corrected chi connectivity index (χ2v) is 7.86. The Morgan fingerprint density at radius 3 is 2.73 bits per heavy atom. The van der Waals surface area contributed by atoms with E-state index in [4.69, 9.17) is 0 Å². The fourth-order valence-electron chi connectivity index (χ4n) is 3.33. The maximum Gasteiger partial charge on any atom is 0.262 e. The third-order valence-corrected chi connectivity index (χ3v) is 5.69. The average Bonchev–Trinajstić information content (AvgIpc) is 3.42. The summed E-state index contributed by atoms with van der Waals surface area (Å²) in [4.78, 5) is 29.3. The van der Waals surface area contributed by atoms with Gasteiger partial charge in [-0.2, -0.15) is 0 Å². The smallest absolute Gasteiger partial charge is 0.262 e. The molecule has 7 heteroatoms. The van der Waals surface area contributed by atoms with Crippen molar-refractivity contribution in [2.45, 2.75) is 19.0 Å². The highest BCUT2D eigenvalue weighted by atomic mass is 32.1. The highest BCUT2D eigenvalue weighted by Crippen LogP contribution is 2.19. The summed E-state index contributed by atoms with van der Waals surface area (Å²) in [7, 11) is 0. The molecule has 0 aliphatic carbocycles. The van der Waals surface area contributed by atoms with Gasteiger partial charge in [-0.05, 0) is 40.8 Å². The van der Waals surface area contributed by atoms with Gasteiger partial charge in [-0.3, -0.25) is 9.59 Å². The molecular formula is C23H20FN3O2S. The molecule has 2 amide bonds. The number of hydrogen-bond acceptors (Lipinski definition) is 3. The van der Waals surface area contributed by atoms with Crippen molar-refractivity contribution in [2.24, 2.45) is 0 Å². The minimum absolute atomic E-state index is 0.176. The Morgan fingerprint density at radius 1 is 1.07 bits per heavy atom. The van der Waals surface area contributed by atoms with Crippen LogP contribution in [-0.4, -0.2) is 22.8 Å². The molecule has 0 aliphatic rings. The zero-order valence-electron chi connectivity index (χ0n) is 16.0. The van der Waals surface area contributed by atoms with Gasteiger partial charge < -0.3 is 15.6 Å². The molecule has 4 rings (SSSR count). The van der Waals surface area contributed by atoms with Crippen LogP contribution < -0.4 is 10.6 Å². The van der Waals surface area contributed by atoms with Crippen LogP contribution in [0.3, 0.4) is 0 Å². The summed E-state index contributed by atoms with van der Waals surface area (Å²) in [5.74, 6) is -0.978. The number of carbonyl (C=O) groups excluding carboxylic acids is 2. The average molecular weight is 421 g/mol. The second-order valence-electron chi connectivity index (χ2n) is 6.91. The minimum atomic E-state index is -0.771. The highest BCUT2D eigenvalue weighted by molar-refractivity contribution is 7.12. The molecular weight excluding hydrogens is 401 g/mol. The standard InChI is InChI=1S/C23H20FN3O2S/c24-17-6-3-5-15(11-17)13-26-22(28)20(27-23(29)21-9-4-10-30-21)12-16-14-25-19-8-2-1-7-18(16)19/h1-11,14,20,25H,12-13H2,(H,26,28)(H,27,29). The summed E-state index contributed by atoms with van der Waals surface area (Å²) >= 11 is 1.32. The normalized spacial score (nSPS) is 11.9. The van der Waals surface area contributed by atoms with Gasteiger partial charge in [-0.25, -0.2) is 4.39 Å². The SMILES string of the molecule is O=C(NC(Cc1c[nH]c2ccccc12)C(=O)NCc1cccc(F)c1)c1cccs1. The van der Waals surface area contributed by atoms with Crippen LogP contribution in [0.1, 0.15) is 20.8 Å². The van der Waals surface area contributed by atoms with Gasteiger partial charge in [0.1, 0.15) is 11.9 Å². The maximum absolute atomic E-state index is 13.4. The molecule has 0 spiro atoms. The molecule has 4 aromatic rings. The lowest BCUT2D eigenvalue weighted by Gasteiger charge is -2.18. The predicted molar refractivity (Wildman–Crippen MR) is 116 cm³/mol. The number of amides is 2. The molecule has 0 aliphatic heterocycles. The van der Waals surface area contributed by atoms with Crippen LogP contribution >= 0.6 is 11.3 Å². The predicted octanol–water partition coefficient (Wildman–Crippen LogP) is 4.03. The highest BCUT2D eigenvalue weighted by Gasteiger charge is 2.23. The van der Waals surface area contributed by atoms with E-state index in [0.29, 0.717) is 16.9 Å². The van der Waals surface area contributed by atoms with Crippen LogP contribution in [0.5, 0.6) is 0 Å². The van der Waals surface area contributed by atoms with E-state index in [0.717, 1.165) is 16.5 Å². The van der Waals surface area contributed by atoms with Crippen molar-refractivity contribution < 1.29 is 14.0 Å². The Kier molecular flexibility index (Phi) is 5.90. The molecule has 5 nitrogen and oxygen atoms in total. The van der Waals surface area contributed by atoms with Gasteiger partial charge in [0.2, 0.25) is 5.91 Å². The topological polar surface area (TPSA) is 74.0 Å². The van der Waals surface area contributed by atoms with Crippen LogP contribution in [0.25, 0.3) is 10.9 Å². The van der Waals surface area contributed by atoms with E-state index in [2.05, 4.69) is 15.6 Å². The first-order valence-corrected chi connectivity index (χ1v) is 10.4. The summed E-state index contributed by atoms with van der Waals surface area (Å²) in [5.41, 5.74) is 2.55. The molecule has 0 fully saturated rings. The number of hydrogen-bond donors (Lipinski definition) is 3. The number of carbonyl (C=O) groups is 2. The number of para-hydroxylation sites is 1. The van der Waals surface area contributed by atoms with Crippen LogP contribution in [-0.2, 0) is 17.8 Å². The Hall–Kier alpha value is -3.45. The molecule has 0 radical (unpaired) electrons. The number of nitrogens with one attached hydrogen (secondary N) is 3. The monoisotopic (exact) mass is 421 g/mol. The van der Waals surface area contributed by atoms with E-state index >= 15 is 0 Å². The first-order valence-electron chi connectivity index (χ1n) is 9.51. The van der Waals surface area contributed by atoms with Crippen molar-refractivity contribution in [2.75, 3.05) is 0 Å². The molecule has 2 heterocycles. The number of aromatic amines is 1. The number of thiophene rings is 1. The third-order valence-electron chi connectivity index (χ3n) is 4.82. The van der Waals surface area contributed by atoms with E-state index < -0.39 is 6.04 Å². The Bertz CT molecular complexity index is 1170. The van der Waals surface area contributed by atoms with Crippen LogP contribution in [0.4, 0.5) is 4.39 Å². The summed E-state index contributed by atoms with van der Waals surface area (Å²) in [5, 5.41) is 8.47. The Morgan fingerprint density at radius 2 is 1.93 bits per heavy atom.